The minimum atomic E-state index is 1.13. The van der Waals surface area contributed by atoms with E-state index in [0.717, 1.165) is 17.1 Å². The minimum Gasteiger partial charge on any atom is -0.309 e. The van der Waals surface area contributed by atoms with Crippen molar-refractivity contribution in [3.05, 3.63) is 146 Å². The molecule has 2 nitrogen and oxygen atoms in total. The second-order valence-electron chi connectivity index (χ2n) is 9.81. The molecule has 0 N–H and O–H groups in total. The van der Waals surface area contributed by atoms with Crippen LogP contribution in [0.15, 0.2) is 146 Å². The third-order valence-electron chi connectivity index (χ3n) is 7.57. The van der Waals surface area contributed by atoms with Gasteiger partial charge >= 0.3 is 0 Å². The molecule has 6 aromatic carbocycles. The van der Waals surface area contributed by atoms with Crippen LogP contribution in [0, 0.1) is 0 Å². The molecule has 0 spiro atoms. The Hall–Kier alpha value is -4.86. The second-order valence-corrected chi connectivity index (χ2v) is 10.9. The van der Waals surface area contributed by atoms with Gasteiger partial charge in [-0.3, -0.25) is 0 Å². The lowest BCUT2D eigenvalue weighted by Crippen LogP contribution is -2.10. The maximum absolute atomic E-state index is 2.40. The Balaban J connectivity index is 1.39. The summed E-state index contributed by atoms with van der Waals surface area (Å²) in [6, 6.07) is 52.4. The van der Waals surface area contributed by atoms with Gasteiger partial charge in [0.2, 0.25) is 0 Å². The molecule has 0 aliphatic heterocycles. The number of thiophene rings is 1. The number of benzene rings is 6. The van der Waals surface area contributed by atoms with E-state index < -0.39 is 0 Å². The summed E-state index contributed by atoms with van der Waals surface area (Å²) >= 11 is 1.86. The molecule has 184 valence electrons. The highest BCUT2D eigenvalue weighted by molar-refractivity contribution is 7.26. The molecule has 0 unspecified atom stereocenters. The summed E-state index contributed by atoms with van der Waals surface area (Å²) in [6.45, 7) is 0. The topological polar surface area (TPSA) is 8.17 Å². The highest BCUT2D eigenvalue weighted by Crippen LogP contribution is 2.45. The van der Waals surface area contributed by atoms with Crippen molar-refractivity contribution >= 4 is 70.4 Å². The van der Waals surface area contributed by atoms with Crippen LogP contribution in [0.25, 0.3) is 47.7 Å². The fraction of sp³-hybridized carbons (Fsp3) is 0. The first-order valence-corrected chi connectivity index (χ1v) is 14.0. The highest BCUT2D eigenvalue weighted by Gasteiger charge is 2.19. The fourth-order valence-electron chi connectivity index (χ4n) is 5.88. The average molecular weight is 517 g/mol. The zero-order valence-corrected chi connectivity index (χ0v) is 22.0. The molecule has 0 saturated carbocycles. The molecule has 39 heavy (non-hydrogen) atoms. The van der Waals surface area contributed by atoms with Crippen LogP contribution in [0.4, 0.5) is 17.1 Å². The van der Waals surface area contributed by atoms with Gasteiger partial charge in [-0.25, -0.2) is 0 Å². The van der Waals surface area contributed by atoms with Crippen LogP contribution in [0.1, 0.15) is 0 Å². The number of hydrogen-bond donors (Lipinski definition) is 0. The van der Waals surface area contributed by atoms with Gasteiger partial charge in [0.25, 0.3) is 0 Å². The summed E-state index contributed by atoms with van der Waals surface area (Å²) in [4.78, 5) is 2.40. The predicted octanol–water partition coefficient (Wildman–Crippen LogP) is 10.6. The third-order valence-corrected chi connectivity index (χ3v) is 8.77. The maximum Gasteiger partial charge on any atom is 0.0640 e. The van der Waals surface area contributed by atoms with E-state index in [4.69, 9.17) is 0 Å². The summed E-state index contributed by atoms with van der Waals surface area (Å²) in [7, 11) is 0. The van der Waals surface area contributed by atoms with Crippen molar-refractivity contribution in [3.63, 3.8) is 0 Å². The summed E-state index contributed by atoms with van der Waals surface area (Å²) in [5.74, 6) is 0. The van der Waals surface area contributed by atoms with Crippen LogP contribution < -0.4 is 4.90 Å². The van der Waals surface area contributed by atoms with Gasteiger partial charge in [0.05, 0.1) is 21.4 Å². The molecule has 3 heteroatoms. The van der Waals surface area contributed by atoms with Crippen LogP contribution in [0.2, 0.25) is 0 Å². The smallest absolute Gasteiger partial charge is 0.0640 e. The van der Waals surface area contributed by atoms with Gasteiger partial charge in [0, 0.05) is 43.3 Å². The first kappa shape index (κ1) is 22.2. The highest BCUT2D eigenvalue weighted by atomic mass is 32.1. The molecule has 8 rings (SSSR count). The molecule has 0 saturated heterocycles. The molecule has 2 heterocycles. The van der Waals surface area contributed by atoms with E-state index in [1.165, 1.54) is 47.7 Å². The third kappa shape index (κ3) is 3.48. The van der Waals surface area contributed by atoms with Crippen molar-refractivity contribution in [2.75, 3.05) is 4.90 Å². The van der Waals surface area contributed by atoms with E-state index in [1.807, 2.05) is 11.3 Å². The number of fused-ring (bicyclic) bond motifs is 6. The number of hydrogen-bond acceptors (Lipinski definition) is 2. The lowest BCUT2D eigenvalue weighted by molar-refractivity contribution is 1.17. The largest absolute Gasteiger partial charge is 0.309 e. The Bertz CT molecular complexity index is 2080. The molecule has 8 aromatic rings. The first-order valence-electron chi connectivity index (χ1n) is 13.2. The summed E-state index contributed by atoms with van der Waals surface area (Å²) < 4.78 is 4.99. The molecule has 0 amide bonds. The second kappa shape index (κ2) is 8.87. The number of para-hydroxylation sites is 3. The van der Waals surface area contributed by atoms with Crippen LogP contribution in [0.3, 0.4) is 0 Å². The molecule has 2 aromatic heterocycles. The van der Waals surface area contributed by atoms with Crippen molar-refractivity contribution < 1.29 is 0 Å². The predicted molar refractivity (Wildman–Crippen MR) is 168 cm³/mol. The molecule has 0 aliphatic carbocycles. The Kier molecular flexibility index (Phi) is 5.04. The SMILES string of the molecule is c1ccc(N(c2cccc(-n3c4ccccc4c4ccccc43)c2)c2cccc3c2sc2ccccc23)cc1. The van der Waals surface area contributed by atoms with Crippen molar-refractivity contribution in [1.29, 1.82) is 0 Å². The minimum absolute atomic E-state index is 1.13. The fourth-order valence-corrected chi connectivity index (χ4v) is 7.09. The van der Waals surface area contributed by atoms with Crippen LogP contribution in [0.5, 0.6) is 0 Å². The monoisotopic (exact) mass is 516 g/mol. The van der Waals surface area contributed by atoms with Crippen molar-refractivity contribution in [2.24, 2.45) is 0 Å². The van der Waals surface area contributed by atoms with Gasteiger partial charge in [-0.05, 0) is 54.6 Å². The van der Waals surface area contributed by atoms with Gasteiger partial charge in [0.15, 0.2) is 0 Å². The molecule has 0 aliphatic rings. The van der Waals surface area contributed by atoms with Gasteiger partial charge in [-0.15, -0.1) is 11.3 Å². The number of aromatic nitrogens is 1. The van der Waals surface area contributed by atoms with E-state index in [0.29, 0.717) is 0 Å². The van der Waals surface area contributed by atoms with E-state index in [-0.39, 0.29) is 0 Å². The van der Waals surface area contributed by atoms with Crippen molar-refractivity contribution in [3.8, 4) is 5.69 Å². The lowest BCUT2D eigenvalue weighted by atomic mass is 10.1. The molecule has 0 radical (unpaired) electrons. The van der Waals surface area contributed by atoms with Gasteiger partial charge < -0.3 is 9.47 Å². The van der Waals surface area contributed by atoms with Crippen molar-refractivity contribution in [2.45, 2.75) is 0 Å². The summed E-state index contributed by atoms with van der Waals surface area (Å²) in [5.41, 5.74) is 7.04. The summed E-state index contributed by atoms with van der Waals surface area (Å²) in [5, 5.41) is 5.15. The van der Waals surface area contributed by atoms with E-state index in [9.17, 15) is 0 Å². The van der Waals surface area contributed by atoms with E-state index in [1.54, 1.807) is 0 Å². The van der Waals surface area contributed by atoms with Gasteiger partial charge in [-0.2, -0.15) is 0 Å². The van der Waals surface area contributed by atoms with E-state index >= 15 is 0 Å². The number of anilines is 3. The number of nitrogens with zero attached hydrogens (tertiary/aromatic N) is 2. The zero-order valence-electron chi connectivity index (χ0n) is 21.2. The van der Waals surface area contributed by atoms with Gasteiger partial charge in [-0.1, -0.05) is 91.0 Å². The van der Waals surface area contributed by atoms with Crippen molar-refractivity contribution in [1.82, 2.24) is 4.57 Å². The zero-order chi connectivity index (χ0) is 25.8. The molecule has 0 fully saturated rings. The molecular formula is C36H24N2S. The molecule has 0 atom stereocenters. The lowest BCUT2D eigenvalue weighted by Gasteiger charge is -2.26. The Morgan fingerprint density at radius 2 is 1.05 bits per heavy atom. The Morgan fingerprint density at radius 3 is 1.82 bits per heavy atom. The Morgan fingerprint density at radius 1 is 0.462 bits per heavy atom. The Labute approximate surface area is 230 Å². The quantitative estimate of drug-likeness (QED) is 0.226. The summed E-state index contributed by atoms with van der Waals surface area (Å²) in [6.07, 6.45) is 0. The average Bonchev–Trinajstić information content (AvgIpc) is 3.55. The standard InChI is InChI=1S/C36H24N2S/c1-2-12-25(13-3-1)37(34-22-11-19-31-30-18-6-9-23-35(30)39-36(31)34)26-14-10-15-27(24-26)38-32-20-7-4-16-28(32)29-17-5-8-21-33(29)38/h1-24H. The molecular weight excluding hydrogens is 492 g/mol. The first-order chi connectivity index (χ1) is 19.4. The number of rotatable bonds is 4. The van der Waals surface area contributed by atoms with Gasteiger partial charge in [0.1, 0.15) is 0 Å². The van der Waals surface area contributed by atoms with Crippen LogP contribution in [-0.2, 0) is 0 Å². The normalized spacial score (nSPS) is 11.6. The van der Waals surface area contributed by atoms with Crippen LogP contribution >= 0.6 is 11.3 Å². The van der Waals surface area contributed by atoms with Crippen LogP contribution in [-0.4, -0.2) is 4.57 Å². The maximum atomic E-state index is 2.40. The molecule has 0 bridgehead atoms. The van der Waals surface area contributed by atoms with E-state index in [2.05, 4.69) is 155 Å².